The fourth-order valence-electron chi connectivity index (χ4n) is 1.77. The van der Waals surface area contributed by atoms with Gasteiger partial charge in [0, 0.05) is 6.04 Å². The third kappa shape index (κ3) is 3.43. The highest BCUT2D eigenvalue weighted by atomic mass is 16.6. The van der Waals surface area contributed by atoms with Crippen LogP contribution in [0.5, 0.6) is 0 Å². The van der Waals surface area contributed by atoms with Crippen molar-refractivity contribution in [3.05, 3.63) is 33.9 Å². The zero-order valence-electron chi connectivity index (χ0n) is 11.2. The van der Waals surface area contributed by atoms with Gasteiger partial charge in [-0.1, -0.05) is 26.3 Å². The van der Waals surface area contributed by atoms with E-state index in [-0.39, 0.29) is 23.0 Å². The zero-order chi connectivity index (χ0) is 14.6. The first-order valence-electron chi connectivity index (χ1n) is 6.15. The summed E-state index contributed by atoms with van der Waals surface area (Å²) >= 11 is 0. The van der Waals surface area contributed by atoms with Gasteiger partial charge in [-0.3, -0.25) is 10.1 Å². The van der Waals surface area contributed by atoms with E-state index in [1.807, 2.05) is 20.8 Å². The van der Waals surface area contributed by atoms with Crippen LogP contribution in [0.25, 0.3) is 0 Å². The van der Waals surface area contributed by atoms with Crippen molar-refractivity contribution in [3.8, 4) is 0 Å². The summed E-state index contributed by atoms with van der Waals surface area (Å²) in [5.41, 5.74) is -0.436. The summed E-state index contributed by atoms with van der Waals surface area (Å²) in [4.78, 5) is 21.4. The van der Waals surface area contributed by atoms with Gasteiger partial charge in [-0.05, 0) is 25.0 Å². The first kappa shape index (κ1) is 14.9. The number of nitro groups is 1. The molecule has 1 rings (SSSR count). The van der Waals surface area contributed by atoms with Crippen molar-refractivity contribution in [2.45, 2.75) is 33.2 Å². The number of para-hydroxylation sites is 1. The van der Waals surface area contributed by atoms with Crippen LogP contribution in [0, 0.1) is 16.0 Å². The van der Waals surface area contributed by atoms with Crippen molar-refractivity contribution < 1.29 is 14.8 Å². The van der Waals surface area contributed by atoms with Crippen molar-refractivity contribution in [2.75, 3.05) is 5.32 Å². The number of hydrogen-bond acceptors (Lipinski definition) is 4. The molecule has 0 aromatic heterocycles. The Morgan fingerprint density at radius 3 is 2.58 bits per heavy atom. The van der Waals surface area contributed by atoms with Crippen LogP contribution >= 0.6 is 0 Å². The highest BCUT2D eigenvalue weighted by molar-refractivity contribution is 5.95. The minimum atomic E-state index is -1.30. The van der Waals surface area contributed by atoms with Gasteiger partial charge in [-0.15, -0.1) is 0 Å². The van der Waals surface area contributed by atoms with E-state index in [0.29, 0.717) is 5.92 Å². The van der Waals surface area contributed by atoms with Gasteiger partial charge in [0.1, 0.15) is 11.3 Å². The molecule has 0 saturated heterocycles. The van der Waals surface area contributed by atoms with Crippen LogP contribution in [0.15, 0.2) is 18.2 Å². The van der Waals surface area contributed by atoms with Crippen LogP contribution < -0.4 is 5.32 Å². The van der Waals surface area contributed by atoms with Gasteiger partial charge in [0.2, 0.25) is 0 Å². The molecule has 0 spiro atoms. The molecule has 19 heavy (non-hydrogen) atoms. The van der Waals surface area contributed by atoms with Crippen LogP contribution in [-0.4, -0.2) is 22.0 Å². The molecule has 0 aliphatic rings. The summed E-state index contributed by atoms with van der Waals surface area (Å²) in [6, 6.07) is 4.29. The summed E-state index contributed by atoms with van der Waals surface area (Å²) in [5, 5.41) is 23.1. The van der Waals surface area contributed by atoms with E-state index in [4.69, 9.17) is 5.11 Å². The monoisotopic (exact) mass is 266 g/mol. The van der Waals surface area contributed by atoms with Crippen molar-refractivity contribution in [1.29, 1.82) is 0 Å². The Morgan fingerprint density at radius 2 is 2.11 bits per heavy atom. The lowest BCUT2D eigenvalue weighted by Crippen LogP contribution is -2.24. The standard InChI is InChI=1S/C13H18N2O4/c1-4-8(2)9(3)14-11-7-5-6-10(13(16)17)12(11)15(18)19/h5-9,14H,4H2,1-3H3,(H,16,17). The van der Waals surface area contributed by atoms with Crippen molar-refractivity contribution >= 4 is 17.3 Å². The second kappa shape index (κ2) is 6.17. The van der Waals surface area contributed by atoms with E-state index in [2.05, 4.69) is 5.32 Å². The molecule has 2 N–H and O–H groups in total. The number of nitrogens with zero attached hydrogens (tertiary/aromatic N) is 1. The summed E-state index contributed by atoms with van der Waals surface area (Å²) in [6.07, 6.45) is 0.931. The Bertz CT molecular complexity index is 488. The van der Waals surface area contributed by atoms with Crippen LogP contribution in [0.2, 0.25) is 0 Å². The van der Waals surface area contributed by atoms with Gasteiger partial charge in [-0.25, -0.2) is 4.79 Å². The van der Waals surface area contributed by atoms with Crippen LogP contribution in [0.1, 0.15) is 37.6 Å². The smallest absolute Gasteiger partial charge is 0.342 e. The molecule has 0 fully saturated rings. The molecule has 2 unspecified atom stereocenters. The Hall–Kier alpha value is -2.11. The molecular formula is C13H18N2O4. The number of carbonyl (C=O) groups is 1. The third-order valence-electron chi connectivity index (χ3n) is 3.33. The number of rotatable bonds is 6. The van der Waals surface area contributed by atoms with Gasteiger partial charge in [0.25, 0.3) is 0 Å². The molecule has 0 heterocycles. The van der Waals surface area contributed by atoms with E-state index >= 15 is 0 Å². The minimum Gasteiger partial charge on any atom is -0.477 e. The topological polar surface area (TPSA) is 92.5 Å². The van der Waals surface area contributed by atoms with E-state index in [1.54, 1.807) is 0 Å². The third-order valence-corrected chi connectivity index (χ3v) is 3.33. The van der Waals surface area contributed by atoms with E-state index in [1.165, 1.54) is 18.2 Å². The van der Waals surface area contributed by atoms with Gasteiger partial charge >= 0.3 is 11.7 Å². The summed E-state index contributed by atoms with van der Waals surface area (Å²) in [5.74, 6) is -0.973. The van der Waals surface area contributed by atoms with Crippen molar-refractivity contribution in [3.63, 3.8) is 0 Å². The Morgan fingerprint density at radius 1 is 1.47 bits per heavy atom. The molecule has 0 aliphatic heterocycles. The first-order chi connectivity index (χ1) is 8.88. The number of anilines is 1. The predicted molar refractivity (Wildman–Crippen MR) is 72.6 cm³/mol. The SMILES string of the molecule is CCC(C)C(C)Nc1cccc(C(=O)O)c1[N+](=O)[O-]. The number of benzene rings is 1. The second-order valence-corrected chi connectivity index (χ2v) is 4.58. The Balaban J connectivity index is 3.17. The maximum atomic E-state index is 11.1. The van der Waals surface area contributed by atoms with E-state index in [0.717, 1.165) is 6.42 Å². The lowest BCUT2D eigenvalue weighted by molar-refractivity contribution is -0.384. The lowest BCUT2D eigenvalue weighted by Gasteiger charge is -2.21. The predicted octanol–water partition coefficient (Wildman–Crippen LogP) is 3.14. The van der Waals surface area contributed by atoms with Gasteiger partial charge in [0.15, 0.2) is 0 Å². The van der Waals surface area contributed by atoms with Gasteiger partial charge < -0.3 is 10.4 Å². The number of hydrogen-bond donors (Lipinski definition) is 2. The first-order valence-corrected chi connectivity index (χ1v) is 6.15. The molecule has 104 valence electrons. The normalized spacial score (nSPS) is 13.6. The molecule has 6 nitrogen and oxygen atoms in total. The number of carboxylic acid groups (broad SMARTS) is 1. The van der Waals surface area contributed by atoms with Crippen molar-refractivity contribution in [2.24, 2.45) is 5.92 Å². The number of aromatic carboxylic acids is 1. The highest BCUT2D eigenvalue weighted by Gasteiger charge is 2.25. The fraction of sp³-hybridized carbons (Fsp3) is 0.462. The Kier molecular flexibility index (Phi) is 4.86. The van der Waals surface area contributed by atoms with Crippen LogP contribution in [-0.2, 0) is 0 Å². The van der Waals surface area contributed by atoms with Crippen LogP contribution in [0.4, 0.5) is 11.4 Å². The zero-order valence-corrected chi connectivity index (χ0v) is 11.2. The molecule has 0 radical (unpaired) electrons. The highest BCUT2D eigenvalue weighted by Crippen LogP contribution is 2.30. The largest absolute Gasteiger partial charge is 0.477 e. The quantitative estimate of drug-likeness (QED) is 0.609. The molecule has 1 aromatic carbocycles. The molecular weight excluding hydrogens is 248 g/mol. The molecule has 0 saturated carbocycles. The maximum Gasteiger partial charge on any atom is 0.342 e. The maximum absolute atomic E-state index is 11.1. The number of nitrogens with one attached hydrogen (secondary N) is 1. The molecule has 2 atom stereocenters. The molecule has 0 amide bonds. The number of nitro benzene ring substituents is 1. The average Bonchev–Trinajstić information content (AvgIpc) is 2.36. The summed E-state index contributed by atoms with van der Waals surface area (Å²) in [7, 11) is 0. The molecule has 1 aromatic rings. The van der Waals surface area contributed by atoms with Crippen molar-refractivity contribution in [1.82, 2.24) is 0 Å². The summed E-state index contributed by atoms with van der Waals surface area (Å²) < 4.78 is 0. The lowest BCUT2D eigenvalue weighted by atomic mass is 10.00. The van der Waals surface area contributed by atoms with E-state index in [9.17, 15) is 14.9 Å². The second-order valence-electron chi connectivity index (χ2n) is 4.58. The summed E-state index contributed by atoms with van der Waals surface area (Å²) in [6.45, 7) is 5.99. The van der Waals surface area contributed by atoms with E-state index < -0.39 is 10.9 Å². The van der Waals surface area contributed by atoms with Gasteiger partial charge in [-0.2, -0.15) is 0 Å². The average molecular weight is 266 g/mol. The minimum absolute atomic E-state index is 0.0211. The van der Waals surface area contributed by atoms with Gasteiger partial charge in [0.05, 0.1) is 4.92 Å². The molecule has 0 aliphatic carbocycles. The Labute approximate surface area is 111 Å². The molecule has 0 bridgehead atoms. The fourth-order valence-corrected chi connectivity index (χ4v) is 1.77. The van der Waals surface area contributed by atoms with Crippen LogP contribution in [0.3, 0.4) is 0 Å². The molecule has 6 heteroatoms. The number of carboxylic acids is 1.